The molecule has 0 saturated heterocycles. The third-order valence-electron chi connectivity index (χ3n) is 2.69. The normalized spacial score (nSPS) is 10.2. The average molecular weight is 278 g/mol. The summed E-state index contributed by atoms with van der Waals surface area (Å²) < 4.78 is 31.8. The first-order valence-corrected chi connectivity index (χ1v) is 5.72. The summed E-state index contributed by atoms with van der Waals surface area (Å²) in [6.45, 7) is 0. The number of ether oxygens (including phenoxy) is 1. The van der Waals surface area contributed by atoms with Crippen LogP contribution in [0.15, 0.2) is 36.4 Å². The lowest BCUT2D eigenvalue weighted by molar-refractivity contribution is 0.102. The molecule has 0 spiro atoms. The summed E-state index contributed by atoms with van der Waals surface area (Å²) in [6.07, 6.45) is 0. The molecule has 0 aromatic heterocycles. The minimum atomic E-state index is -0.766. The molecule has 4 nitrogen and oxygen atoms in total. The van der Waals surface area contributed by atoms with Crippen LogP contribution in [-0.4, -0.2) is 13.0 Å². The number of carbonyl (C=O) groups is 1. The number of halogens is 2. The Morgan fingerprint density at radius 3 is 2.70 bits per heavy atom. The van der Waals surface area contributed by atoms with Crippen molar-refractivity contribution in [2.45, 2.75) is 0 Å². The minimum absolute atomic E-state index is 0.0697. The molecule has 0 unspecified atom stereocenters. The van der Waals surface area contributed by atoms with Crippen molar-refractivity contribution in [1.82, 2.24) is 0 Å². The maximum absolute atomic E-state index is 13.7. The van der Waals surface area contributed by atoms with Gasteiger partial charge in [-0.3, -0.25) is 4.79 Å². The molecule has 0 heterocycles. The summed E-state index contributed by atoms with van der Waals surface area (Å²) in [5, 5.41) is 2.36. The quantitative estimate of drug-likeness (QED) is 0.848. The molecule has 104 valence electrons. The van der Waals surface area contributed by atoms with Gasteiger partial charge in [-0.15, -0.1) is 0 Å². The summed E-state index contributed by atoms with van der Waals surface area (Å²) in [4.78, 5) is 12.1. The Morgan fingerprint density at radius 1 is 1.25 bits per heavy atom. The fourth-order valence-electron chi connectivity index (χ4n) is 1.72. The molecule has 20 heavy (non-hydrogen) atoms. The second kappa shape index (κ2) is 5.56. The molecule has 6 heteroatoms. The van der Waals surface area contributed by atoms with Crippen molar-refractivity contribution in [1.29, 1.82) is 0 Å². The van der Waals surface area contributed by atoms with Gasteiger partial charge in [0.05, 0.1) is 18.5 Å². The van der Waals surface area contributed by atoms with Gasteiger partial charge in [0, 0.05) is 0 Å². The Balaban J connectivity index is 2.36. The van der Waals surface area contributed by atoms with E-state index < -0.39 is 17.5 Å². The van der Waals surface area contributed by atoms with Crippen LogP contribution in [0.1, 0.15) is 10.4 Å². The van der Waals surface area contributed by atoms with Gasteiger partial charge in [-0.05, 0) is 30.3 Å². The van der Waals surface area contributed by atoms with Crippen molar-refractivity contribution in [3.63, 3.8) is 0 Å². The summed E-state index contributed by atoms with van der Waals surface area (Å²) in [5.41, 5.74) is 5.60. The smallest absolute Gasteiger partial charge is 0.262 e. The zero-order valence-corrected chi connectivity index (χ0v) is 10.6. The fourth-order valence-corrected chi connectivity index (χ4v) is 1.72. The van der Waals surface area contributed by atoms with E-state index in [1.807, 2.05) is 0 Å². The minimum Gasteiger partial charge on any atom is -0.496 e. The number of benzene rings is 2. The van der Waals surface area contributed by atoms with E-state index in [0.29, 0.717) is 0 Å². The van der Waals surface area contributed by atoms with Crippen molar-refractivity contribution in [3.8, 4) is 5.75 Å². The Bertz CT molecular complexity index is 660. The van der Waals surface area contributed by atoms with Crippen LogP contribution >= 0.6 is 0 Å². The first kappa shape index (κ1) is 13.8. The maximum atomic E-state index is 13.7. The third-order valence-corrected chi connectivity index (χ3v) is 2.69. The predicted molar refractivity (Wildman–Crippen MR) is 71.7 cm³/mol. The Morgan fingerprint density at radius 2 is 2.00 bits per heavy atom. The zero-order chi connectivity index (χ0) is 14.7. The van der Waals surface area contributed by atoms with Crippen LogP contribution in [0, 0.1) is 11.6 Å². The topological polar surface area (TPSA) is 64.3 Å². The van der Waals surface area contributed by atoms with Crippen molar-refractivity contribution >= 4 is 17.3 Å². The summed E-state index contributed by atoms with van der Waals surface area (Å²) in [5.74, 6) is -1.98. The number of anilines is 2. The summed E-state index contributed by atoms with van der Waals surface area (Å²) in [7, 11) is 1.32. The van der Waals surface area contributed by atoms with Crippen LogP contribution in [0.5, 0.6) is 5.75 Å². The monoisotopic (exact) mass is 278 g/mol. The number of methoxy groups -OCH3 is 1. The third kappa shape index (κ3) is 2.69. The number of rotatable bonds is 3. The van der Waals surface area contributed by atoms with Gasteiger partial charge in [0.2, 0.25) is 0 Å². The van der Waals surface area contributed by atoms with Crippen LogP contribution in [-0.2, 0) is 0 Å². The molecule has 2 aromatic carbocycles. The number of nitrogen functional groups attached to an aromatic ring is 1. The molecular weight excluding hydrogens is 266 g/mol. The van der Waals surface area contributed by atoms with Gasteiger partial charge in [0.15, 0.2) is 0 Å². The number of hydrogen-bond acceptors (Lipinski definition) is 3. The molecule has 2 rings (SSSR count). The molecule has 0 atom stereocenters. The van der Waals surface area contributed by atoms with E-state index in [4.69, 9.17) is 10.5 Å². The van der Waals surface area contributed by atoms with Crippen LogP contribution in [0.4, 0.5) is 20.2 Å². The van der Waals surface area contributed by atoms with E-state index in [9.17, 15) is 13.6 Å². The van der Waals surface area contributed by atoms with E-state index in [2.05, 4.69) is 5.32 Å². The van der Waals surface area contributed by atoms with Crippen LogP contribution in [0.25, 0.3) is 0 Å². The fraction of sp³-hybridized carbons (Fsp3) is 0.0714. The van der Waals surface area contributed by atoms with Gasteiger partial charge in [-0.1, -0.05) is 6.07 Å². The van der Waals surface area contributed by atoms with Gasteiger partial charge in [-0.25, -0.2) is 8.78 Å². The lowest BCUT2D eigenvalue weighted by Gasteiger charge is -2.11. The van der Waals surface area contributed by atoms with E-state index in [0.717, 1.165) is 18.2 Å². The first-order valence-electron chi connectivity index (χ1n) is 5.72. The van der Waals surface area contributed by atoms with E-state index in [-0.39, 0.29) is 22.7 Å². The molecular formula is C14H12F2N2O2. The number of nitrogens with one attached hydrogen (secondary N) is 1. The highest BCUT2D eigenvalue weighted by Crippen LogP contribution is 2.25. The first-order chi connectivity index (χ1) is 9.52. The Hall–Kier alpha value is -2.63. The molecule has 0 fully saturated rings. The van der Waals surface area contributed by atoms with E-state index in [1.54, 1.807) is 0 Å². The molecule has 0 aliphatic carbocycles. The van der Waals surface area contributed by atoms with Crippen molar-refractivity contribution in [2.24, 2.45) is 0 Å². The molecule has 0 aliphatic rings. The largest absolute Gasteiger partial charge is 0.496 e. The molecule has 0 bridgehead atoms. The van der Waals surface area contributed by atoms with Gasteiger partial charge >= 0.3 is 0 Å². The summed E-state index contributed by atoms with van der Waals surface area (Å²) >= 11 is 0. The second-order valence-corrected chi connectivity index (χ2v) is 4.00. The molecule has 0 aliphatic heterocycles. The number of amides is 1. The number of carbonyl (C=O) groups excluding carboxylic acids is 1. The average Bonchev–Trinajstić information content (AvgIpc) is 2.42. The van der Waals surface area contributed by atoms with Gasteiger partial charge in [0.25, 0.3) is 5.91 Å². The highest BCUT2D eigenvalue weighted by molar-refractivity contribution is 6.07. The lowest BCUT2D eigenvalue weighted by Crippen LogP contribution is -2.16. The van der Waals surface area contributed by atoms with Gasteiger partial charge in [0.1, 0.15) is 22.9 Å². The molecule has 2 aromatic rings. The molecule has 0 radical (unpaired) electrons. The molecule has 3 N–H and O–H groups in total. The van der Waals surface area contributed by atoms with Crippen molar-refractivity contribution < 1.29 is 18.3 Å². The van der Waals surface area contributed by atoms with Gasteiger partial charge in [-0.2, -0.15) is 0 Å². The maximum Gasteiger partial charge on any atom is 0.262 e. The second-order valence-electron chi connectivity index (χ2n) is 4.00. The standard InChI is InChI=1S/C14H12F2N2O2/c1-20-12-4-2-3-9(16)13(12)14(19)18-11-7-8(15)5-6-10(11)17/h2-7H,17H2,1H3,(H,18,19). The van der Waals surface area contributed by atoms with Crippen LogP contribution in [0.3, 0.4) is 0 Å². The van der Waals surface area contributed by atoms with Crippen molar-refractivity contribution in [2.75, 3.05) is 18.2 Å². The SMILES string of the molecule is COc1cccc(F)c1C(=O)Nc1cc(F)ccc1N. The summed E-state index contributed by atoms with van der Waals surface area (Å²) in [6, 6.07) is 7.53. The Kier molecular flexibility index (Phi) is 3.84. The predicted octanol–water partition coefficient (Wildman–Crippen LogP) is 2.81. The van der Waals surface area contributed by atoms with E-state index in [1.165, 1.54) is 25.3 Å². The van der Waals surface area contributed by atoms with Crippen LogP contribution < -0.4 is 15.8 Å². The highest BCUT2D eigenvalue weighted by Gasteiger charge is 2.18. The highest BCUT2D eigenvalue weighted by atomic mass is 19.1. The number of nitrogens with two attached hydrogens (primary N) is 1. The van der Waals surface area contributed by atoms with E-state index >= 15 is 0 Å². The molecule has 0 saturated carbocycles. The number of hydrogen-bond donors (Lipinski definition) is 2. The van der Waals surface area contributed by atoms with Crippen LogP contribution in [0.2, 0.25) is 0 Å². The zero-order valence-electron chi connectivity index (χ0n) is 10.6. The van der Waals surface area contributed by atoms with Crippen molar-refractivity contribution in [3.05, 3.63) is 53.6 Å². The lowest BCUT2D eigenvalue weighted by atomic mass is 10.1. The molecule has 1 amide bonds. The van der Waals surface area contributed by atoms with Gasteiger partial charge < -0.3 is 15.8 Å². The Labute approximate surface area is 114 Å².